The minimum Gasteiger partial charge on any atom is -0.381 e. The van der Waals surface area contributed by atoms with E-state index in [1.54, 1.807) is 18.3 Å². The number of aromatic nitrogens is 3. The Labute approximate surface area is 119 Å². The number of hydrogen-bond acceptors (Lipinski definition) is 5. The number of sulfonamides is 1. The average Bonchev–Trinajstić information content (AvgIpc) is 2.74. The molecule has 19 heavy (non-hydrogen) atoms. The number of nitrogen functional groups attached to an aromatic ring is 1. The molecule has 0 aliphatic rings. The van der Waals surface area contributed by atoms with Crippen LogP contribution in [0.2, 0.25) is 0 Å². The Morgan fingerprint density at radius 3 is 2.84 bits per heavy atom. The second kappa shape index (κ2) is 5.17. The smallest absolute Gasteiger partial charge is 0.267 e. The first-order valence-electron chi connectivity index (χ1n) is 5.40. The van der Waals surface area contributed by atoms with Crippen molar-refractivity contribution in [2.45, 2.75) is 18.4 Å². The van der Waals surface area contributed by atoms with Crippen LogP contribution in [0.5, 0.6) is 0 Å². The summed E-state index contributed by atoms with van der Waals surface area (Å²) < 4.78 is 28.7. The van der Waals surface area contributed by atoms with Crippen LogP contribution in [0.1, 0.15) is 6.92 Å². The zero-order valence-electron chi connectivity index (χ0n) is 10.0. The van der Waals surface area contributed by atoms with E-state index < -0.39 is 10.0 Å². The molecule has 0 atom stereocenters. The van der Waals surface area contributed by atoms with Gasteiger partial charge in [-0.2, -0.15) is 5.10 Å². The first kappa shape index (κ1) is 13.8. The van der Waals surface area contributed by atoms with E-state index >= 15 is 0 Å². The number of halogens is 1. The lowest BCUT2D eigenvalue weighted by Crippen LogP contribution is -2.14. The molecule has 0 aliphatic heterocycles. The quantitative estimate of drug-likeness (QED) is 0.816. The van der Waals surface area contributed by atoms with Gasteiger partial charge in [0.25, 0.3) is 10.0 Å². The highest BCUT2D eigenvalue weighted by molar-refractivity contribution is 9.10. The van der Waals surface area contributed by atoms with Gasteiger partial charge < -0.3 is 5.73 Å². The van der Waals surface area contributed by atoms with Crippen LogP contribution >= 0.6 is 15.9 Å². The van der Waals surface area contributed by atoms with Crippen LogP contribution in [0.3, 0.4) is 0 Å². The average molecular weight is 346 g/mol. The molecule has 2 rings (SSSR count). The molecule has 9 heteroatoms. The molecule has 0 unspecified atom stereocenters. The van der Waals surface area contributed by atoms with E-state index in [0.29, 0.717) is 16.8 Å². The van der Waals surface area contributed by atoms with Crippen molar-refractivity contribution in [3.05, 3.63) is 29.1 Å². The Bertz CT molecular complexity index is 698. The molecule has 0 bridgehead atoms. The Hall–Kier alpha value is -1.61. The molecule has 0 amide bonds. The number of hydrogen-bond donors (Lipinski definition) is 2. The molecule has 0 aromatic carbocycles. The predicted molar refractivity (Wildman–Crippen MR) is 75.1 cm³/mol. The summed E-state index contributed by atoms with van der Waals surface area (Å²) in [5.74, 6) is -0.0330. The van der Waals surface area contributed by atoms with Crippen LogP contribution in [0.4, 0.5) is 11.5 Å². The molecule has 0 fully saturated rings. The van der Waals surface area contributed by atoms with Crippen molar-refractivity contribution in [1.82, 2.24) is 14.8 Å². The molecule has 0 aliphatic carbocycles. The van der Waals surface area contributed by atoms with E-state index in [1.807, 2.05) is 6.92 Å². The number of anilines is 2. The number of nitrogens with one attached hydrogen (secondary N) is 1. The monoisotopic (exact) mass is 345 g/mol. The van der Waals surface area contributed by atoms with Crippen molar-refractivity contribution in [3.63, 3.8) is 0 Å². The van der Waals surface area contributed by atoms with Crippen molar-refractivity contribution in [2.24, 2.45) is 0 Å². The maximum atomic E-state index is 12.2. The van der Waals surface area contributed by atoms with Crippen LogP contribution in [-0.4, -0.2) is 23.2 Å². The summed E-state index contributed by atoms with van der Waals surface area (Å²) in [6.45, 7) is 2.38. The standard InChI is InChI=1S/C10H12BrN5O2S/c1-2-16-6-8(10(12)14-16)19(17,18)15-7-4-3-5-13-9(7)11/h3-6,15H,2H2,1H3,(H2,12,14). The molecule has 0 saturated carbocycles. The fraction of sp³-hybridized carbons (Fsp3) is 0.200. The van der Waals surface area contributed by atoms with Crippen molar-refractivity contribution in [3.8, 4) is 0 Å². The molecule has 102 valence electrons. The first-order chi connectivity index (χ1) is 8.94. The summed E-state index contributed by atoms with van der Waals surface area (Å²) in [6.07, 6.45) is 2.94. The largest absolute Gasteiger partial charge is 0.381 e. The molecule has 2 aromatic rings. The number of nitrogens with zero attached hydrogens (tertiary/aromatic N) is 3. The molecule has 3 N–H and O–H groups in total. The van der Waals surface area contributed by atoms with Gasteiger partial charge >= 0.3 is 0 Å². The maximum Gasteiger partial charge on any atom is 0.267 e. The number of rotatable bonds is 4. The van der Waals surface area contributed by atoms with Gasteiger partial charge in [0.2, 0.25) is 0 Å². The van der Waals surface area contributed by atoms with Gasteiger partial charge in [0.1, 0.15) is 9.50 Å². The normalized spacial score (nSPS) is 11.5. The first-order valence-corrected chi connectivity index (χ1v) is 7.68. The number of nitrogens with two attached hydrogens (primary N) is 1. The lowest BCUT2D eigenvalue weighted by molar-refractivity contribution is 0.600. The van der Waals surface area contributed by atoms with Crippen molar-refractivity contribution >= 4 is 37.5 Å². The molecular formula is C10H12BrN5O2S. The van der Waals surface area contributed by atoms with Crippen LogP contribution in [0, 0.1) is 0 Å². The van der Waals surface area contributed by atoms with Gasteiger partial charge in [-0.3, -0.25) is 9.40 Å². The van der Waals surface area contributed by atoms with Crippen LogP contribution < -0.4 is 10.5 Å². The SMILES string of the molecule is CCn1cc(S(=O)(=O)Nc2cccnc2Br)c(N)n1. The second-order valence-corrected chi connectivity index (χ2v) is 6.08. The molecule has 0 saturated heterocycles. The Kier molecular flexibility index (Phi) is 3.76. The minimum absolute atomic E-state index is 0.0330. The second-order valence-electron chi connectivity index (χ2n) is 3.68. The molecule has 7 nitrogen and oxygen atoms in total. The fourth-order valence-electron chi connectivity index (χ4n) is 1.45. The van der Waals surface area contributed by atoms with Gasteiger partial charge in [0, 0.05) is 18.9 Å². The molecule has 0 spiro atoms. The van der Waals surface area contributed by atoms with E-state index in [2.05, 4.69) is 30.7 Å². The Morgan fingerprint density at radius 1 is 1.53 bits per heavy atom. The summed E-state index contributed by atoms with van der Waals surface area (Å²) in [7, 11) is -3.78. The third kappa shape index (κ3) is 2.87. The van der Waals surface area contributed by atoms with Crippen LogP contribution in [0.25, 0.3) is 0 Å². The van der Waals surface area contributed by atoms with Crippen LogP contribution in [-0.2, 0) is 16.6 Å². The summed E-state index contributed by atoms with van der Waals surface area (Å²) in [5, 5.41) is 3.91. The van der Waals surface area contributed by atoms with E-state index in [0.717, 1.165) is 0 Å². The summed E-state index contributed by atoms with van der Waals surface area (Å²) in [6, 6.07) is 3.22. The minimum atomic E-state index is -3.78. The molecule has 0 radical (unpaired) electrons. The number of pyridine rings is 1. The highest BCUT2D eigenvalue weighted by atomic mass is 79.9. The third-order valence-electron chi connectivity index (χ3n) is 2.37. The highest BCUT2D eigenvalue weighted by Gasteiger charge is 2.22. The number of aryl methyl sites for hydroxylation is 1. The zero-order valence-corrected chi connectivity index (χ0v) is 12.4. The van der Waals surface area contributed by atoms with Crippen molar-refractivity contribution < 1.29 is 8.42 Å². The van der Waals surface area contributed by atoms with Gasteiger partial charge in [-0.15, -0.1) is 0 Å². The lowest BCUT2D eigenvalue weighted by atomic mass is 10.4. The Morgan fingerprint density at radius 2 is 2.26 bits per heavy atom. The van der Waals surface area contributed by atoms with Gasteiger partial charge in [-0.25, -0.2) is 13.4 Å². The van der Waals surface area contributed by atoms with E-state index in [9.17, 15) is 8.42 Å². The topological polar surface area (TPSA) is 103 Å². The van der Waals surface area contributed by atoms with Gasteiger partial charge in [-0.05, 0) is 35.0 Å². The summed E-state index contributed by atoms with van der Waals surface area (Å²) >= 11 is 3.17. The third-order valence-corrected chi connectivity index (χ3v) is 4.39. The van der Waals surface area contributed by atoms with Crippen LogP contribution in [0.15, 0.2) is 34.0 Å². The molecule has 2 aromatic heterocycles. The van der Waals surface area contributed by atoms with Gasteiger partial charge in [-0.1, -0.05) is 0 Å². The van der Waals surface area contributed by atoms with Gasteiger partial charge in [0.05, 0.1) is 5.69 Å². The van der Waals surface area contributed by atoms with E-state index in [-0.39, 0.29) is 10.7 Å². The molecular weight excluding hydrogens is 334 g/mol. The highest BCUT2D eigenvalue weighted by Crippen LogP contribution is 2.24. The van der Waals surface area contributed by atoms with Gasteiger partial charge in [0.15, 0.2) is 5.82 Å². The zero-order chi connectivity index (χ0) is 14.0. The fourth-order valence-corrected chi connectivity index (χ4v) is 3.07. The summed E-state index contributed by atoms with van der Waals surface area (Å²) in [5.41, 5.74) is 5.96. The summed E-state index contributed by atoms with van der Waals surface area (Å²) in [4.78, 5) is 3.89. The lowest BCUT2D eigenvalue weighted by Gasteiger charge is -2.07. The van der Waals surface area contributed by atoms with E-state index in [1.165, 1.54) is 10.9 Å². The maximum absolute atomic E-state index is 12.2. The van der Waals surface area contributed by atoms with E-state index in [4.69, 9.17) is 5.73 Å². The molecule has 2 heterocycles. The predicted octanol–water partition coefficient (Wildman–Crippen LogP) is 1.44. The Balaban J connectivity index is 2.38. The van der Waals surface area contributed by atoms with Crippen molar-refractivity contribution in [2.75, 3.05) is 10.5 Å². The van der Waals surface area contributed by atoms with Crippen molar-refractivity contribution in [1.29, 1.82) is 0 Å².